The first-order valence-electron chi connectivity index (χ1n) is 6.70. The zero-order valence-corrected chi connectivity index (χ0v) is 11.3. The maximum absolute atomic E-state index is 11.6. The number of hydrogen-bond donors (Lipinski definition) is 1. The van der Waals surface area contributed by atoms with Crippen molar-refractivity contribution in [2.75, 3.05) is 37.7 Å². The summed E-state index contributed by atoms with van der Waals surface area (Å²) in [6.45, 7) is 5.86. The molecule has 0 radical (unpaired) electrons. The zero-order chi connectivity index (χ0) is 13.7. The molecule has 1 fully saturated rings. The van der Waals surface area contributed by atoms with Gasteiger partial charge in [-0.25, -0.2) is 4.79 Å². The summed E-state index contributed by atoms with van der Waals surface area (Å²) < 4.78 is 5.01. The Kier molecular flexibility index (Phi) is 4.63. The van der Waals surface area contributed by atoms with Crippen molar-refractivity contribution in [3.8, 4) is 0 Å². The number of amides is 1. The number of ether oxygens (including phenoxy) is 1. The van der Waals surface area contributed by atoms with Gasteiger partial charge in [-0.05, 0) is 24.6 Å². The SMILES string of the molecule is CCOC(=O)N1CCN(c2cccc(CN)c2)CC1. The van der Waals surface area contributed by atoms with Crippen LogP contribution in [0, 0.1) is 0 Å². The van der Waals surface area contributed by atoms with Crippen molar-refractivity contribution >= 4 is 11.8 Å². The Morgan fingerprint density at radius 2 is 2.05 bits per heavy atom. The van der Waals surface area contributed by atoms with Crippen molar-refractivity contribution in [3.63, 3.8) is 0 Å². The van der Waals surface area contributed by atoms with Crippen LogP contribution < -0.4 is 10.6 Å². The summed E-state index contributed by atoms with van der Waals surface area (Å²) in [5, 5.41) is 0. The Balaban J connectivity index is 1.94. The molecule has 0 aromatic heterocycles. The Morgan fingerprint density at radius 3 is 2.68 bits per heavy atom. The van der Waals surface area contributed by atoms with E-state index in [0.717, 1.165) is 18.7 Å². The zero-order valence-electron chi connectivity index (χ0n) is 11.3. The molecule has 0 bridgehead atoms. The van der Waals surface area contributed by atoms with Crippen LogP contribution >= 0.6 is 0 Å². The smallest absolute Gasteiger partial charge is 0.409 e. The number of hydrogen-bond acceptors (Lipinski definition) is 4. The van der Waals surface area contributed by atoms with E-state index >= 15 is 0 Å². The highest BCUT2D eigenvalue weighted by molar-refractivity contribution is 5.68. The summed E-state index contributed by atoms with van der Waals surface area (Å²) in [5.41, 5.74) is 7.96. The van der Waals surface area contributed by atoms with E-state index in [-0.39, 0.29) is 6.09 Å². The highest BCUT2D eigenvalue weighted by Gasteiger charge is 2.21. The minimum absolute atomic E-state index is 0.210. The van der Waals surface area contributed by atoms with Crippen LogP contribution in [0.1, 0.15) is 12.5 Å². The number of rotatable bonds is 3. The lowest BCUT2D eigenvalue weighted by atomic mass is 10.1. The van der Waals surface area contributed by atoms with Crippen molar-refractivity contribution in [2.45, 2.75) is 13.5 Å². The lowest BCUT2D eigenvalue weighted by Crippen LogP contribution is -2.49. The summed E-state index contributed by atoms with van der Waals surface area (Å²) >= 11 is 0. The van der Waals surface area contributed by atoms with E-state index in [1.165, 1.54) is 5.69 Å². The summed E-state index contributed by atoms with van der Waals surface area (Å²) in [6.07, 6.45) is -0.210. The van der Waals surface area contributed by atoms with Crippen LogP contribution in [0.3, 0.4) is 0 Å². The van der Waals surface area contributed by atoms with Gasteiger partial charge in [-0.2, -0.15) is 0 Å². The molecule has 5 heteroatoms. The van der Waals surface area contributed by atoms with E-state index in [1.807, 2.05) is 19.1 Å². The number of benzene rings is 1. The molecular formula is C14H21N3O2. The maximum Gasteiger partial charge on any atom is 0.409 e. The predicted octanol–water partition coefficient (Wildman–Crippen LogP) is 1.42. The second-order valence-corrected chi connectivity index (χ2v) is 4.55. The molecule has 5 nitrogen and oxygen atoms in total. The molecular weight excluding hydrogens is 242 g/mol. The molecule has 2 rings (SSSR count). The third kappa shape index (κ3) is 3.38. The average molecular weight is 263 g/mol. The number of anilines is 1. The molecule has 0 aliphatic carbocycles. The molecule has 1 saturated heterocycles. The third-order valence-corrected chi connectivity index (χ3v) is 3.32. The number of nitrogens with zero attached hydrogens (tertiary/aromatic N) is 2. The van der Waals surface area contributed by atoms with Gasteiger partial charge < -0.3 is 20.3 Å². The van der Waals surface area contributed by atoms with Crippen LogP contribution in [0.15, 0.2) is 24.3 Å². The molecule has 1 heterocycles. The van der Waals surface area contributed by atoms with E-state index in [9.17, 15) is 4.79 Å². The second-order valence-electron chi connectivity index (χ2n) is 4.55. The Bertz CT molecular complexity index is 428. The van der Waals surface area contributed by atoms with Gasteiger partial charge in [0, 0.05) is 38.4 Å². The maximum atomic E-state index is 11.6. The highest BCUT2D eigenvalue weighted by atomic mass is 16.6. The Morgan fingerprint density at radius 1 is 1.32 bits per heavy atom. The van der Waals surface area contributed by atoms with E-state index < -0.39 is 0 Å². The van der Waals surface area contributed by atoms with Gasteiger partial charge in [0.05, 0.1) is 6.61 Å². The van der Waals surface area contributed by atoms with E-state index in [2.05, 4.69) is 17.0 Å². The number of carbonyl (C=O) groups is 1. The van der Waals surface area contributed by atoms with Gasteiger partial charge in [-0.1, -0.05) is 12.1 Å². The third-order valence-electron chi connectivity index (χ3n) is 3.32. The fraction of sp³-hybridized carbons (Fsp3) is 0.500. The molecule has 2 N–H and O–H groups in total. The van der Waals surface area contributed by atoms with Gasteiger partial charge in [-0.3, -0.25) is 0 Å². The van der Waals surface area contributed by atoms with Gasteiger partial charge in [0.25, 0.3) is 0 Å². The molecule has 0 saturated carbocycles. The molecule has 0 unspecified atom stereocenters. The van der Waals surface area contributed by atoms with Crippen molar-refractivity contribution in [1.82, 2.24) is 4.90 Å². The Labute approximate surface area is 113 Å². The topological polar surface area (TPSA) is 58.8 Å². The average Bonchev–Trinajstić information content (AvgIpc) is 2.48. The van der Waals surface area contributed by atoms with Crippen LogP contribution in [0.2, 0.25) is 0 Å². The molecule has 104 valence electrons. The highest BCUT2D eigenvalue weighted by Crippen LogP contribution is 2.18. The van der Waals surface area contributed by atoms with Crippen LogP contribution in [-0.2, 0) is 11.3 Å². The minimum Gasteiger partial charge on any atom is -0.450 e. The summed E-state index contributed by atoms with van der Waals surface area (Å²) in [6, 6.07) is 8.24. The first kappa shape index (κ1) is 13.7. The summed E-state index contributed by atoms with van der Waals surface area (Å²) in [4.78, 5) is 15.6. The molecule has 0 spiro atoms. The summed E-state index contributed by atoms with van der Waals surface area (Å²) in [7, 11) is 0. The minimum atomic E-state index is -0.210. The molecule has 1 aliphatic rings. The fourth-order valence-electron chi connectivity index (χ4n) is 2.24. The molecule has 0 atom stereocenters. The second kappa shape index (κ2) is 6.43. The van der Waals surface area contributed by atoms with Gasteiger partial charge in [0.15, 0.2) is 0 Å². The molecule has 1 aromatic rings. The van der Waals surface area contributed by atoms with Gasteiger partial charge in [-0.15, -0.1) is 0 Å². The number of piperazine rings is 1. The van der Waals surface area contributed by atoms with Gasteiger partial charge in [0.2, 0.25) is 0 Å². The van der Waals surface area contributed by atoms with E-state index in [0.29, 0.717) is 26.2 Å². The fourth-order valence-corrected chi connectivity index (χ4v) is 2.24. The number of nitrogens with two attached hydrogens (primary N) is 1. The van der Waals surface area contributed by atoms with E-state index in [1.54, 1.807) is 4.90 Å². The predicted molar refractivity (Wildman–Crippen MR) is 75.1 cm³/mol. The van der Waals surface area contributed by atoms with Crippen LogP contribution in [-0.4, -0.2) is 43.8 Å². The quantitative estimate of drug-likeness (QED) is 0.896. The largest absolute Gasteiger partial charge is 0.450 e. The molecule has 1 aliphatic heterocycles. The lowest BCUT2D eigenvalue weighted by Gasteiger charge is -2.35. The monoisotopic (exact) mass is 263 g/mol. The normalized spacial score (nSPS) is 15.5. The number of carbonyl (C=O) groups excluding carboxylic acids is 1. The van der Waals surface area contributed by atoms with Crippen LogP contribution in [0.4, 0.5) is 10.5 Å². The first-order valence-corrected chi connectivity index (χ1v) is 6.70. The van der Waals surface area contributed by atoms with Crippen molar-refractivity contribution in [2.24, 2.45) is 5.73 Å². The van der Waals surface area contributed by atoms with Crippen molar-refractivity contribution in [3.05, 3.63) is 29.8 Å². The molecule has 1 amide bonds. The first-order chi connectivity index (χ1) is 9.24. The van der Waals surface area contributed by atoms with Crippen LogP contribution in [0.25, 0.3) is 0 Å². The molecule has 1 aromatic carbocycles. The Hall–Kier alpha value is -1.75. The van der Waals surface area contributed by atoms with Gasteiger partial charge >= 0.3 is 6.09 Å². The van der Waals surface area contributed by atoms with Crippen LogP contribution in [0.5, 0.6) is 0 Å². The lowest BCUT2D eigenvalue weighted by molar-refractivity contribution is 0.105. The van der Waals surface area contributed by atoms with Crippen molar-refractivity contribution in [1.29, 1.82) is 0 Å². The standard InChI is InChI=1S/C14H21N3O2/c1-2-19-14(18)17-8-6-16(7-9-17)13-5-3-4-12(10-13)11-15/h3-5,10H,2,6-9,11,15H2,1H3. The van der Waals surface area contributed by atoms with Crippen molar-refractivity contribution < 1.29 is 9.53 Å². The van der Waals surface area contributed by atoms with E-state index in [4.69, 9.17) is 10.5 Å². The van der Waals surface area contributed by atoms with Gasteiger partial charge in [0.1, 0.15) is 0 Å². The molecule has 19 heavy (non-hydrogen) atoms. The summed E-state index contributed by atoms with van der Waals surface area (Å²) in [5.74, 6) is 0.